The zero-order valence-corrected chi connectivity index (χ0v) is 15.7. The molecule has 0 unspecified atom stereocenters. The van der Waals surface area contributed by atoms with Crippen LogP contribution in [0.25, 0.3) is 10.8 Å². The number of sulfone groups is 1. The number of benzene rings is 2. The van der Waals surface area contributed by atoms with Gasteiger partial charge in [-0.15, -0.1) is 0 Å². The van der Waals surface area contributed by atoms with Crippen LogP contribution in [0.5, 0.6) is 5.75 Å². The molecule has 0 heterocycles. The highest BCUT2D eigenvalue weighted by molar-refractivity contribution is 7.90. The van der Waals surface area contributed by atoms with Crippen LogP contribution in [0.2, 0.25) is 0 Å². The molecule has 1 amide bonds. The van der Waals surface area contributed by atoms with E-state index in [-0.39, 0.29) is 18.1 Å². The van der Waals surface area contributed by atoms with Crippen LogP contribution < -0.4 is 10.1 Å². The summed E-state index contributed by atoms with van der Waals surface area (Å²) in [6.07, 6.45) is 2.81. The summed E-state index contributed by atoms with van der Waals surface area (Å²) in [4.78, 5) is 23.2. The molecule has 2 aromatic rings. The Morgan fingerprint density at radius 3 is 2.41 bits per heavy atom. The lowest BCUT2D eigenvalue weighted by molar-refractivity contribution is -0.139. The first-order valence-corrected chi connectivity index (χ1v) is 10.6. The number of anilines is 1. The van der Waals surface area contributed by atoms with E-state index in [1.54, 1.807) is 24.3 Å². The number of amides is 1. The predicted octanol–water partition coefficient (Wildman–Crippen LogP) is 2.46. The largest absolute Gasteiger partial charge is 0.481 e. The van der Waals surface area contributed by atoms with Crippen LogP contribution in [0.3, 0.4) is 0 Å². The van der Waals surface area contributed by atoms with Gasteiger partial charge in [0.05, 0.1) is 5.75 Å². The van der Waals surface area contributed by atoms with E-state index in [0.29, 0.717) is 16.8 Å². The Balaban J connectivity index is 1.78. The average Bonchev–Trinajstić information content (AvgIpc) is 3.30. The van der Waals surface area contributed by atoms with Crippen LogP contribution in [0.1, 0.15) is 19.3 Å². The summed E-state index contributed by atoms with van der Waals surface area (Å²) in [5.41, 5.74) is 0.131. The number of hydrogen-bond acceptors (Lipinski definition) is 5. The quantitative estimate of drug-likeness (QED) is 0.715. The molecule has 1 aliphatic rings. The number of hydrogen-bond donors (Lipinski definition) is 2. The summed E-state index contributed by atoms with van der Waals surface area (Å²) < 4.78 is 28.4. The molecule has 8 heteroatoms. The van der Waals surface area contributed by atoms with Crippen molar-refractivity contribution in [3.8, 4) is 5.75 Å². The topological polar surface area (TPSA) is 110 Å². The fraction of sp³-hybridized carbons (Fsp3) is 0.368. The summed E-state index contributed by atoms with van der Waals surface area (Å²) in [7, 11) is -3.14. The smallest absolute Gasteiger partial charge is 0.341 e. The number of rotatable bonds is 8. The predicted molar refractivity (Wildman–Crippen MR) is 102 cm³/mol. The Bertz CT molecular complexity index is 994. The van der Waals surface area contributed by atoms with E-state index in [1.807, 2.05) is 12.1 Å². The Morgan fingerprint density at radius 1 is 1.15 bits per heavy atom. The number of nitrogens with one attached hydrogen (secondary N) is 1. The summed E-state index contributed by atoms with van der Waals surface area (Å²) in [6, 6.07) is 10.5. The molecule has 0 radical (unpaired) electrons. The zero-order valence-electron chi connectivity index (χ0n) is 14.9. The average molecular weight is 391 g/mol. The van der Waals surface area contributed by atoms with Crippen LogP contribution in [0.15, 0.2) is 36.4 Å². The molecule has 0 saturated heterocycles. The molecule has 0 bridgehead atoms. The van der Waals surface area contributed by atoms with Gasteiger partial charge in [0, 0.05) is 29.1 Å². The van der Waals surface area contributed by atoms with Crippen molar-refractivity contribution in [3.05, 3.63) is 36.4 Å². The van der Waals surface area contributed by atoms with Crippen LogP contribution in [0.4, 0.5) is 5.69 Å². The first-order valence-electron chi connectivity index (χ1n) is 8.51. The van der Waals surface area contributed by atoms with Crippen LogP contribution in [-0.2, 0) is 19.4 Å². The molecular formula is C19H21NO6S. The van der Waals surface area contributed by atoms with Crippen LogP contribution in [-0.4, -0.2) is 44.0 Å². The third-order valence-electron chi connectivity index (χ3n) is 4.57. The van der Waals surface area contributed by atoms with Crippen molar-refractivity contribution in [2.24, 2.45) is 5.41 Å². The second kappa shape index (κ2) is 7.19. The number of aliphatic carboxylic acids is 1. The van der Waals surface area contributed by atoms with Gasteiger partial charge >= 0.3 is 5.97 Å². The summed E-state index contributed by atoms with van der Waals surface area (Å²) in [5, 5.41) is 13.1. The molecule has 27 heavy (non-hydrogen) atoms. The van der Waals surface area contributed by atoms with Crippen molar-refractivity contribution < 1.29 is 27.9 Å². The molecule has 0 spiro atoms. The van der Waals surface area contributed by atoms with Gasteiger partial charge in [-0.1, -0.05) is 24.3 Å². The summed E-state index contributed by atoms with van der Waals surface area (Å²) in [6.45, 7) is -0.455. The molecule has 0 atom stereocenters. The van der Waals surface area contributed by atoms with Gasteiger partial charge in [0.2, 0.25) is 5.91 Å². The highest BCUT2D eigenvalue weighted by atomic mass is 32.2. The molecule has 7 nitrogen and oxygen atoms in total. The lowest BCUT2D eigenvalue weighted by atomic mass is 10.0. The molecule has 0 aromatic heterocycles. The zero-order chi connectivity index (χ0) is 19.7. The Labute approximate surface area is 157 Å². The molecular weight excluding hydrogens is 370 g/mol. The molecule has 2 aromatic carbocycles. The van der Waals surface area contributed by atoms with Gasteiger partial charge in [0.15, 0.2) is 6.61 Å². The van der Waals surface area contributed by atoms with E-state index >= 15 is 0 Å². The minimum Gasteiger partial charge on any atom is -0.481 e. The van der Waals surface area contributed by atoms with Gasteiger partial charge < -0.3 is 15.2 Å². The van der Waals surface area contributed by atoms with Gasteiger partial charge in [-0.2, -0.15) is 0 Å². The SMILES string of the molecule is CS(=O)(=O)CC1(CC(=O)Nc2ccc(OCC(=O)O)c3ccccc23)CC1. The van der Waals surface area contributed by atoms with Crippen molar-refractivity contribution in [2.45, 2.75) is 19.3 Å². The van der Waals surface area contributed by atoms with E-state index in [2.05, 4.69) is 5.32 Å². The van der Waals surface area contributed by atoms with Crippen LogP contribution >= 0.6 is 0 Å². The highest BCUT2D eigenvalue weighted by Gasteiger charge is 2.46. The van der Waals surface area contributed by atoms with Crippen molar-refractivity contribution in [3.63, 3.8) is 0 Å². The molecule has 1 saturated carbocycles. The van der Waals surface area contributed by atoms with Crippen molar-refractivity contribution >= 4 is 38.2 Å². The van der Waals surface area contributed by atoms with Crippen molar-refractivity contribution in [1.29, 1.82) is 0 Å². The second-order valence-corrected chi connectivity index (χ2v) is 9.27. The minimum atomic E-state index is -3.14. The van der Waals surface area contributed by atoms with Gasteiger partial charge in [-0.05, 0) is 30.4 Å². The molecule has 1 fully saturated rings. The number of carboxylic acid groups (broad SMARTS) is 1. The van der Waals surface area contributed by atoms with Crippen molar-refractivity contribution in [1.82, 2.24) is 0 Å². The van der Waals surface area contributed by atoms with E-state index in [1.165, 1.54) is 6.26 Å². The third-order valence-corrected chi connectivity index (χ3v) is 5.71. The molecule has 0 aliphatic heterocycles. The molecule has 1 aliphatic carbocycles. The number of fused-ring (bicyclic) bond motifs is 1. The second-order valence-electron chi connectivity index (χ2n) is 7.13. The summed E-state index contributed by atoms with van der Waals surface area (Å²) in [5.74, 6) is -0.866. The van der Waals surface area contributed by atoms with E-state index < -0.39 is 27.8 Å². The number of ether oxygens (including phenoxy) is 1. The molecule has 3 rings (SSSR count). The normalized spacial score (nSPS) is 15.3. The van der Waals surface area contributed by atoms with Gasteiger partial charge in [-0.25, -0.2) is 13.2 Å². The third kappa shape index (κ3) is 4.97. The van der Waals surface area contributed by atoms with Gasteiger partial charge in [0.1, 0.15) is 15.6 Å². The maximum Gasteiger partial charge on any atom is 0.341 e. The lowest BCUT2D eigenvalue weighted by Gasteiger charge is -2.16. The Hall–Kier alpha value is -2.61. The van der Waals surface area contributed by atoms with E-state index in [4.69, 9.17) is 9.84 Å². The Morgan fingerprint density at radius 2 is 1.81 bits per heavy atom. The number of carboxylic acids is 1. The van der Waals surface area contributed by atoms with E-state index in [9.17, 15) is 18.0 Å². The minimum absolute atomic E-state index is 0.0239. The monoisotopic (exact) mass is 391 g/mol. The molecule has 2 N–H and O–H groups in total. The van der Waals surface area contributed by atoms with Gasteiger partial charge in [0.25, 0.3) is 0 Å². The van der Waals surface area contributed by atoms with Crippen LogP contribution in [0, 0.1) is 5.41 Å². The number of carbonyl (C=O) groups excluding carboxylic acids is 1. The van der Waals surface area contributed by atoms with Crippen molar-refractivity contribution in [2.75, 3.05) is 23.9 Å². The molecule has 144 valence electrons. The fourth-order valence-corrected chi connectivity index (χ4v) is 4.79. The first-order chi connectivity index (χ1) is 12.7. The Kier molecular flexibility index (Phi) is 5.10. The maximum atomic E-state index is 12.5. The maximum absolute atomic E-state index is 12.5. The fourth-order valence-electron chi connectivity index (χ4n) is 3.29. The first kappa shape index (κ1) is 19.2. The number of carbonyl (C=O) groups is 2. The lowest BCUT2D eigenvalue weighted by Crippen LogP contribution is -2.23. The van der Waals surface area contributed by atoms with Gasteiger partial charge in [-0.3, -0.25) is 4.79 Å². The van der Waals surface area contributed by atoms with E-state index in [0.717, 1.165) is 18.2 Å². The summed E-state index contributed by atoms with van der Waals surface area (Å²) >= 11 is 0. The standard InChI is InChI=1S/C19H21NO6S/c1-27(24,25)12-19(8-9-19)10-17(21)20-15-6-7-16(26-11-18(22)23)14-5-3-2-4-13(14)15/h2-7H,8-12H2,1H3,(H,20,21)(H,22,23). The highest BCUT2D eigenvalue weighted by Crippen LogP contribution is 2.50.